The minimum absolute atomic E-state index is 0.193. The largest absolute Gasteiger partial charge is 0.477 e. The lowest BCUT2D eigenvalue weighted by Gasteiger charge is -2.42. The molecular formula is C42H69N3O21S3. The Morgan fingerprint density at radius 2 is 0.681 bits per heavy atom. The molecule has 0 aromatic rings. The van der Waals surface area contributed by atoms with Crippen molar-refractivity contribution in [2.45, 2.75) is 152 Å². The molecule has 27 heteroatoms. The van der Waals surface area contributed by atoms with E-state index in [1.54, 1.807) is 20.8 Å². The number of aliphatic hydroxyl groups excluding tert-OH is 3. The van der Waals surface area contributed by atoms with E-state index in [4.69, 9.17) is 29.5 Å². The van der Waals surface area contributed by atoms with Crippen molar-refractivity contribution in [2.24, 2.45) is 17.8 Å². The van der Waals surface area contributed by atoms with Gasteiger partial charge in [0.1, 0.15) is 17.3 Å². The standard InChI is InChI=1S/3C14H23NO7S/c3*1-7(6-23-3)9(17)4-11-12(15-8(2)16)10(18)5-14(21,22-11)13(19)20/h3*7,10-12,18,21H,4-6H2,1-3H3,(H,15,16)(H,19,20). The summed E-state index contributed by atoms with van der Waals surface area (Å²) in [5, 5.41) is 94.8. The maximum Gasteiger partial charge on any atom is 0.364 e. The average molecular weight is 1050 g/mol. The summed E-state index contributed by atoms with van der Waals surface area (Å²) in [6.45, 7) is 8.90. The monoisotopic (exact) mass is 1050 g/mol. The highest BCUT2D eigenvalue weighted by molar-refractivity contribution is 7.99. The number of ether oxygens (including phenoxy) is 3. The van der Waals surface area contributed by atoms with Crippen LogP contribution in [0.15, 0.2) is 0 Å². The van der Waals surface area contributed by atoms with Gasteiger partial charge in [-0.05, 0) is 18.8 Å². The number of rotatable bonds is 21. The summed E-state index contributed by atoms with van der Waals surface area (Å²) >= 11 is 4.48. The van der Waals surface area contributed by atoms with Gasteiger partial charge in [0.05, 0.1) is 54.7 Å². The van der Waals surface area contributed by atoms with Gasteiger partial charge in [0.25, 0.3) is 17.4 Å². The van der Waals surface area contributed by atoms with Crippen LogP contribution < -0.4 is 16.0 Å². The first-order chi connectivity index (χ1) is 31.8. The minimum Gasteiger partial charge on any atom is -0.477 e. The van der Waals surface area contributed by atoms with Gasteiger partial charge in [0.15, 0.2) is 0 Å². The molecule has 0 spiro atoms. The van der Waals surface area contributed by atoms with Crippen molar-refractivity contribution in [3.05, 3.63) is 0 Å². The summed E-state index contributed by atoms with van der Waals surface area (Å²) in [4.78, 5) is 104. The molecule has 0 saturated carbocycles. The third-order valence-electron chi connectivity index (χ3n) is 11.2. The smallest absolute Gasteiger partial charge is 0.364 e. The predicted molar refractivity (Wildman–Crippen MR) is 249 cm³/mol. The number of Topliss-reactive ketones (excluding diaryl/α,β-unsaturated/α-hetero) is 3. The van der Waals surface area contributed by atoms with Crippen LogP contribution in [0.1, 0.15) is 80.1 Å². The van der Waals surface area contributed by atoms with Gasteiger partial charge in [0.2, 0.25) is 17.7 Å². The Labute approximate surface area is 412 Å². The molecule has 3 aliphatic rings. The van der Waals surface area contributed by atoms with E-state index in [1.165, 1.54) is 56.1 Å². The molecule has 3 fully saturated rings. The zero-order valence-corrected chi connectivity index (χ0v) is 42.4. The summed E-state index contributed by atoms with van der Waals surface area (Å²) in [6, 6.07) is -2.88. The third-order valence-corrected chi connectivity index (χ3v) is 13.7. The second kappa shape index (κ2) is 28.5. The molecular weight excluding hydrogens is 979 g/mol. The average Bonchev–Trinajstić information content (AvgIpc) is 3.22. The number of amides is 3. The van der Waals surface area contributed by atoms with Crippen molar-refractivity contribution in [3.8, 4) is 0 Å². The number of hydrogen-bond donors (Lipinski definition) is 12. The predicted octanol–water partition coefficient (Wildman–Crippen LogP) is -1.88. The van der Waals surface area contributed by atoms with Gasteiger partial charge in [-0.2, -0.15) is 35.3 Å². The highest BCUT2D eigenvalue weighted by Gasteiger charge is 2.54. The van der Waals surface area contributed by atoms with Crippen LogP contribution in [0.4, 0.5) is 0 Å². The zero-order valence-electron chi connectivity index (χ0n) is 39.9. The number of aliphatic hydroxyl groups is 6. The number of aliphatic carboxylic acids is 3. The normalized spacial score (nSPS) is 32.1. The lowest BCUT2D eigenvalue weighted by molar-refractivity contribution is -0.276. The van der Waals surface area contributed by atoms with Crippen molar-refractivity contribution in [1.82, 2.24) is 16.0 Å². The maximum atomic E-state index is 12.2. The molecule has 69 heavy (non-hydrogen) atoms. The summed E-state index contributed by atoms with van der Waals surface area (Å²) in [7, 11) is 0. The number of ketones is 3. The fourth-order valence-electron chi connectivity index (χ4n) is 7.51. The quantitative estimate of drug-likeness (QED) is 0.0598. The Morgan fingerprint density at radius 3 is 0.841 bits per heavy atom. The second-order valence-corrected chi connectivity index (χ2v) is 20.0. The number of carbonyl (C=O) groups excluding carboxylic acids is 6. The van der Waals surface area contributed by atoms with Gasteiger partial charge in [-0.3, -0.25) is 28.8 Å². The number of carboxylic acids is 3. The highest BCUT2D eigenvalue weighted by atomic mass is 32.2. The van der Waals surface area contributed by atoms with Gasteiger partial charge >= 0.3 is 17.9 Å². The number of thioether (sulfide) groups is 3. The van der Waals surface area contributed by atoms with Crippen LogP contribution in [-0.2, 0) is 57.4 Å². The summed E-state index contributed by atoms with van der Waals surface area (Å²) in [6.07, 6.45) is -4.27. The number of carboxylic acid groups (broad SMARTS) is 3. The number of nitrogens with one attached hydrogen (secondary N) is 3. The molecule has 24 nitrogen and oxygen atoms in total. The summed E-state index contributed by atoms with van der Waals surface area (Å²) in [5.41, 5.74) is 0. The Hall–Kier alpha value is -3.48. The minimum atomic E-state index is -2.58. The summed E-state index contributed by atoms with van der Waals surface area (Å²) < 4.78 is 15.5. The molecule has 12 N–H and O–H groups in total. The first-order valence-electron chi connectivity index (χ1n) is 21.6. The maximum absolute atomic E-state index is 12.2. The third kappa shape index (κ3) is 19.6. The molecule has 396 valence electrons. The molecule has 0 radical (unpaired) electrons. The molecule has 3 saturated heterocycles. The van der Waals surface area contributed by atoms with Crippen LogP contribution in [0.2, 0.25) is 0 Å². The van der Waals surface area contributed by atoms with E-state index in [2.05, 4.69) is 16.0 Å². The first kappa shape index (κ1) is 63.5. The van der Waals surface area contributed by atoms with Crippen LogP contribution in [0, 0.1) is 17.8 Å². The first-order valence-corrected chi connectivity index (χ1v) is 25.8. The van der Waals surface area contributed by atoms with Crippen molar-refractivity contribution >= 4 is 88.3 Å². The lowest BCUT2D eigenvalue weighted by atomic mass is 9.89. The fraction of sp³-hybridized carbons (Fsp3) is 0.786. The molecule has 3 rings (SSSR count). The molecule has 0 aromatic heterocycles. The molecule has 15 atom stereocenters. The van der Waals surface area contributed by atoms with Gasteiger partial charge in [-0.15, -0.1) is 0 Å². The summed E-state index contributed by atoms with van der Waals surface area (Å²) in [5.74, 6) is -13.7. The Kier molecular flexibility index (Phi) is 26.3. The Balaban J connectivity index is 0.000000517. The van der Waals surface area contributed by atoms with Crippen LogP contribution in [0.5, 0.6) is 0 Å². The highest BCUT2D eigenvalue weighted by Crippen LogP contribution is 2.33. The van der Waals surface area contributed by atoms with Gasteiger partial charge in [0, 0.05) is 94.3 Å². The molecule has 3 aliphatic heterocycles. The number of hydrogen-bond acceptors (Lipinski definition) is 21. The van der Waals surface area contributed by atoms with E-state index >= 15 is 0 Å². The van der Waals surface area contributed by atoms with Crippen LogP contribution in [0.3, 0.4) is 0 Å². The van der Waals surface area contributed by atoms with Gasteiger partial charge in [-0.25, -0.2) is 14.4 Å². The lowest BCUT2D eigenvalue weighted by Crippen LogP contribution is -2.63. The van der Waals surface area contributed by atoms with E-state index in [1.807, 2.05) is 18.8 Å². The van der Waals surface area contributed by atoms with E-state index in [0.29, 0.717) is 17.3 Å². The Bertz CT molecular complexity index is 1620. The van der Waals surface area contributed by atoms with Crippen molar-refractivity contribution < 1.29 is 103 Å². The van der Waals surface area contributed by atoms with Crippen molar-refractivity contribution in [2.75, 3.05) is 36.0 Å². The van der Waals surface area contributed by atoms with Crippen molar-refractivity contribution in [1.29, 1.82) is 0 Å². The van der Waals surface area contributed by atoms with Crippen molar-refractivity contribution in [3.63, 3.8) is 0 Å². The SMILES string of the molecule is CSCC(C)C(=O)CC1OC(O)(C(=O)O)CC(O)C1NC(C)=O.CSCC(C)C(=O)CC1OC(O)(C(=O)O)CC(O)C1NC(C)=O.CSCC(C)C(=O)CC1OC(O)(C(=O)O)CC(O)C1NC(C)=O. The van der Waals surface area contributed by atoms with Crippen LogP contribution in [-0.4, -0.2) is 207 Å². The van der Waals surface area contributed by atoms with E-state index < -0.39 is 127 Å². The van der Waals surface area contributed by atoms with E-state index in [9.17, 15) is 73.8 Å². The van der Waals surface area contributed by atoms with E-state index in [-0.39, 0.29) is 54.4 Å². The van der Waals surface area contributed by atoms with Crippen LogP contribution in [0.25, 0.3) is 0 Å². The fourth-order valence-corrected chi connectivity index (χ4v) is 9.57. The molecule has 0 bridgehead atoms. The molecule has 0 aromatic carbocycles. The van der Waals surface area contributed by atoms with Gasteiger partial charge < -0.3 is 76.1 Å². The molecule has 3 amide bonds. The number of carbonyl (C=O) groups is 9. The molecule has 0 aliphatic carbocycles. The molecule has 15 unspecified atom stereocenters. The topological polar surface area (TPSA) is 399 Å². The second-order valence-electron chi connectivity index (χ2n) is 17.3. The van der Waals surface area contributed by atoms with E-state index in [0.717, 1.165) is 0 Å². The zero-order chi connectivity index (χ0) is 53.4. The van der Waals surface area contributed by atoms with Crippen LogP contribution >= 0.6 is 35.3 Å². The van der Waals surface area contributed by atoms with Gasteiger partial charge in [-0.1, -0.05) is 20.8 Å². The Morgan fingerprint density at radius 1 is 0.478 bits per heavy atom. The molecule has 3 heterocycles.